The predicted octanol–water partition coefficient (Wildman–Crippen LogP) is 2.13. The molecule has 0 saturated carbocycles. The molecule has 2 aromatic carbocycles. The van der Waals surface area contributed by atoms with Crippen LogP contribution < -0.4 is 14.2 Å². The molecule has 0 spiro atoms. The Morgan fingerprint density at radius 2 is 1.81 bits per heavy atom. The highest BCUT2D eigenvalue weighted by Crippen LogP contribution is 2.28. The Labute approximate surface area is 156 Å². The van der Waals surface area contributed by atoms with Crippen molar-refractivity contribution in [2.45, 2.75) is 19.6 Å². The normalized spacial score (nSPS) is 11.6. The minimum atomic E-state index is -1.36. The number of benzene rings is 2. The Morgan fingerprint density at radius 1 is 1.07 bits per heavy atom. The van der Waals surface area contributed by atoms with Gasteiger partial charge in [0.15, 0.2) is 18.1 Å². The molecule has 0 fully saturated rings. The molecule has 1 atom stereocenters. The van der Waals surface area contributed by atoms with Gasteiger partial charge < -0.3 is 24.4 Å². The minimum absolute atomic E-state index is 0.0750. The van der Waals surface area contributed by atoms with E-state index in [2.05, 4.69) is 9.78 Å². The van der Waals surface area contributed by atoms with E-state index in [1.807, 2.05) is 0 Å². The van der Waals surface area contributed by atoms with Crippen LogP contribution in [0.5, 0.6) is 23.0 Å². The average molecular weight is 378 g/mol. The van der Waals surface area contributed by atoms with E-state index < -0.39 is 18.9 Å². The Bertz CT molecular complexity index is 774. The van der Waals surface area contributed by atoms with Gasteiger partial charge in [0.05, 0.1) is 14.2 Å². The third kappa shape index (κ3) is 6.05. The molecule has 8 heteroatoms. The van der Waals surface area contributed by atoms with E-state index in [-0.39, 0.29) is 12.2 Å². The van der Waals surface area contributed by atoms with Crippen LogP contribution in [-0.4, -0.2) is 43.3 Å². The fourth-order valence-corrected chi connectivity index (χ4v) is 2.24. The lowest BCUT2D eigenvalue weighted by molar-refractivity contribution is -0.342. The molecule has 0 unspecified atom stereocenters. The number of ether oxygens (including phenoxy) is 3. The maximum atomic E-state index is 11.6. The Morgan fingerprint density at radius 3 is 2.48 bits per heavy atom. The van der Waals surface area contributed by atoms with E-state index in [1.54, 1.807) is 31.2 Å². The minimum Gasteiger partial charge on any atom is -0.508 e. The summed E-state index contributed by atoms with van der Waals surface area (Å²) in [6.07, 6.45) is -1.28. The summed E-state index contributed by atoms with van der Waals surface area (Å²) in [5, 5.41) is 19.3. The molecule has 0 aliphatic carbocycles. The number of aliphatic hydroxyl groups excluding tert-OH is 1. The van der Waals surface area contributed by atoms with Crippen molar-refractivity contribution in [1.29, 1.82) is 0 Å². The molecule has 146 valence electrons. The quantitative estimate of drug-likeness (QED) is 0.389. The van der Waals surface area contributed by atoms with Gasteiger partial charge in [-0.3, -0.25) is 4.89 Å². The maximum absolute atomic E-state index is 11.6. The first-order valence-electron chi connectivity index (χ1n) is 8.10. The second kappa shape index (κ2) is 9.65. The first-order valence-corrected chi connectivity index (χ1v) is 8.10. The summed E-state index contributed by atoms with van der Waals surface area (Å²) in [6.45, 7) is 1.29. The third-order valence-electron chi connectivity index (χ3n) is 3.64. The van der Waals surface area contributed by atoms with Crippen molar-refractivity contribution in [2.24, 2.45) is 0 Å². The molecule has 0 aliphatic heterocycles. The zero-order valence-electron chi connectivity index (χ0n) is 15.3. The van der Waals surface area contributed by atoms with Gasteiger partial charge in [0.1, 0.15) is 11.5 Å². The highest BCUT2D eigenvalue weighted by Gasteiger charge is 2.14. The number of phenols is 1. The van der Waals surface area contributed by atoms with Crippen LogP contribution in [0.2, 0.25) is 0 Å². The fraction of sp³-hybridized carbons (Fsp3) is 0.316. The van der Waals surface area contributed by atoms with Crippen molar-refractivity contribution in [3.63, 3.8) is 0 Å². The fourth-order valence-electron chi connectivity index (χ4n) is 2.24. The van der Waals surface area contributed by atoms with Crippen molar-refractivity contribution >= 4 is 5.97 Å². The summed E-state index contributed by atoms with van der Waals surface area (Å²) < 4.78 is 15.6. The Balaban J connectivity index is 1.78. The summed E-state index contributed by atoms with van der Waals surface area (Å²) in [5.41, 5.74) is 1.31. The van der Waals surface area contributed by atoms with Gasteiger partial charge in [0.2, 0.25) is 6.29 Å². The Hall–Kier alpha value is -2.97. The molecule has 27 heavy (non-hydrogen) atoms. The van der Waals surface area contributed by atoms with E-state index in [4.69, 9.17) is 14.2 Å². The van der Waals surface area contributed by atoms with Crippen molar-refractivity contribution in [1.82, 2.24) is 0 Å². The topological polar surface area (TPSA) is 104 Å². The van der Waals surface area contributed by atoms with Crippen LogP contribution in [0.4, 0.5) is 0 Å². The molecule has 0 saturated heterocycles. The lowest BCUT2D eigenvalue weighted by atomic mass is 10.1. The van der Waals surface area contributed by atoms with Crippen LogP contribution in [-0.2, 0) is 21.0 Å². The van der Waals surface area contributed by atoms with Gasteiger partial charge in [-0.05, 0) is 48.4 Å². The lowest BCUT2D eigenvalue weighted by Crippen LogP contribution is -2.21. The highest BCUT2D eigenvalue weighted by molar-refractivity contribution is 5.70. The van der Waals surface area contributed by atoms with Crippen LogP contribution in [0.15, 0.2) is 36.4 Å². The van der Waals surface area contributed by atoms with Crippen molar-refractivity contribution in [3.05, 3.63) is 47.5 Å². The van der Waals surface area contributed by atoms with Crippen molar-refractivity contribution in [3.8, 4) is 23.0 Å². The van der Waals surface area contributed by atoms with Crippen molar-refractivity contribution in [2.75, 3.05) is 20.8 Å². The summed E-state index contributed by atoms with van der Waals surface area (Å²) in [4.78, 5) is 20.9. The van der Waals surface area contributed by atoms with E-state index in [9.17, 15) is 15.0 Å². The molecular formula is C19H22O8. The van der Waals surface area contributed by atoms with Crippen LogP contribution in [0.1, 0.15) is 11.1 Å². The summed E-state index contributed by atoms with van der Waals surface area (Å²) in [7, 11) is 3.03. The van der Waals surface area contributed by atoms with E-state index in [0.29, 0.717) is 28.4 Å². The number of phenolic OH excluding ortho intramolecular Hbond substituents is 1. The first kappa shape index (κ1) is 20.3. The zero-order valence-corrected chi connectivity index (χ0v) is 15.3. The molecule has 0 bridgehead atoms. The second-order valence-corrected chi connectivity index (χ2v) is 5.64. The molecule has 2 N–H and O–H groups in total. The number of aliphatic hydroxyl groups is 1. The molecule has 8 nitrogen and oxygen atoms in total. The number of aryl methyl sites for hydroxylation is 1. The monoisotopic (exact) mass is 378 g/mol. The van der Waals surface area contributed by atoms with Gasteiger partial charge in [0, 0.05) is 6.42 Å². The van der Waals surface area contributed by atoms with Gasteiger partial charge in [-0.25, -0.2) is 4.79 Å². The molecular weight excluding hydrogens is 356 g/mol. The highest BCUT2D eigenvalue weighted by atomic mass is 17.2. The number of carbonyl (C=O) groups excluding carboxylic acids is 1. The molecule has 0 aliphatic rings. The molecule has 0 radical (unpaired) electrons. The van der Waals surface area contributed by atoms with Crippen LogP contribution in [0, 0.1) is 6.92 Å². The smallest absolute Gasteiger partial charge is 0.379 e. The summed E-state index contributed by atoms with van der Waals surface area (Å²) in [6, 6.07) is 9.66. The maximum Gasteiger partial charge on any atom is 0.379 e. The average Bonchev–Trinajstić information content (AvgIpc) is 2.67. The van der Waals surface area contributed by atoms with Crippen LogP contribution in [0.3, 0.4) is 0 Å². The second-order valence-electron chi connectivity index (χ2n) is 5.64. The number of methoxy groups -OCH3 is 2. The zero-order chi connectivity index (χ0) is 19.8. The molecule has 2 rings (SSSR count). The van der Waals surface area contributed by atoms with Gasteiger partial charge in [-0.2, -0.15) is 4.89 Å². The number of hydrogen-bond acceptors (Lipinski definition) is 8. The van der Waals surface area contributed by atoms with E-state index in [0.717, 1.165) is 0 Å². The number of rotatable bonds is 9. The number of aromatic hydroxyl groups is 1. The number of carbonyl (C=O) groups is 1. The number of hydrogen-bond donors (Lipinski definition) is 2. The largest absolute Gasteiger partial charge is 0.508 e. The van der Waals surface area contributed by atoms with Crippen LogP contribution >= 0.6 is 0 Å². The predicted molar refractivity (Wildman–Crippen MR) is 94.8 cm³/mol. The van der Waals surface area contributed by atoms with Gasteiger partial charge in [-0.15, -0.1) is 0 Å². The lowest BCUT2D eigenvalue weighted by Gasteiger charge is -2.13. The first-order chi connectivity index (χ1) is 12.9. The SMILES string of the molecule is COc1ccc(C[C@@H](O)OOC(=O)COc2ccc(O)c(C)c2)cc1OC. The third-order valence-corrected chi connectivity index (χ3v) is 3.64. The molecule has 0 heterocycles. The van der Waals surface area contributed by atoms with Gasteiger partial charge in [0.25, 0.3) is 0 Å². The molecule has 0 amide bonds. The summed E-state index contributed by atoms with van der Waals surface area (Å²) in [5.74, 6) is 0.785. The van der Waals surface area contributed by atoms with E-state index >= 15 is 0 Å². The summed E-state index contributed by atoms with van der Waals surface area (Å²) >= 11 is 0. The van der Waals surface area contributed by atoms with E-state index in [1.165, 1.54) is 26.4 Å². The molecule has 0 aromatic heterocycles. The van der Waals surface area contributed by atoms with Crippen molar-refractivity contribution < 1.29 is 39.0 Å². The van der Waals surface area contributed by atoms with Gasteiger partial charge >= 0.3 is 5.97 Å². The standard InChI is InChI=1S/C19H22O8/c1-12-8-14(5-6-15(12)20)25-11-19(22)27-26-18(21)10-13-4-7-16(23-2)17(9-13)24-3/h4-9,18,20-21H,10-11H2,1-3H3/t18-/m0/s1. The molecule has 2 aromatic rings. The Kier molecular flexibility index (Phi) is 7.27. The van der Waals surface area contributed by atoms with Gasteiger partial charge in [-0.1, -0.05) is 6.07 Å². The van der Waals surface area contributed by atoms with Crippen LogP contribution in [0.25, 0.3) is 0 Å².